The molecule has 61 heavy (non-hydrogen) atoms. The Morgan fingerprint density at radius 1 is 0.869 bits per heavy atom. The maximum absolute atomic E-state index is 16.1. The van der Waals surface area contributed by atoms with Gasteiger partial charge in [0.15, 0.2) is 5.82 Å². The van der Waals surface area contributed by atoms with Crippen LogP contribution in [0.3, 0.4) is 0 Å². The molecular weight excluding hydrogens is 776 g/mol. The van der Waals surface area contributed by atoms with Crippen LogP contribution in [0.2, 0.25) is 0 Å². The Balaban J connectivity index is 0.692. The number of halogens is 1. The van der Waals surface area contributed by atoms with Crippen LogP contribution < -0.4 is 19.9 Å². The van der Waals surface area contributed by atoms with E-state index in [2.05, 4.69) is 78.0 Å². The summed E-state index contributed by atoms with van der Waals surface area (Å²) in [5.74, 6) is 1.46. The lowest BCUT2D eigenvalue weighted by Crippen LogP contribution is -2.59. The third-order valence-electron chi connectivity index (χ3n) is 14.4. The van der Waals surface area contributed by atoms with Crippen molar-refractivity contribution in [1.82, 2.24) is 40.2 Å². The van der Waals surface area contributed by atoms with Crippen LogP contribution in [-0.4, -0.2) is 129 Å². The van der Waals surface area contributed by atoms with Gasteiger partial charge < -0.3 is 19.4 Å². The van der Waals surface area contributed by atoms with Crippen molar-refractivity contribution < 1.29 is 23.5 Å². The van der Waals surface area contributed by atoms with Crippen molar-refractivity contribution >= 4 is 40.1 Å². The molecule has 4 saturated heterocycles. The number of rotatable bonds is 10. The SMILES string of the molecule is C[C@@H]1CN(CC2CCN(c3cc(-c4n[nH]c5ccc(OC6(C)CC6)cc45)ncn3)CC2)C[C@H](C)N1CC1CCN(c2ccc3c(c2F)CN(C2CCC(=O)NC2=O)C3=O)CC1. The lowest BCUT2D eigenvalue weighted by molar-refractivity contribution is -0.136. The molecule has 2 N–H and O–H groups in total. The Morgan fingerprint density at radius 2 is 1.59 bits per heavy atom. The minimum Gasteiger partial charge on any atom is -0.488 e. The molecule has 5 aliphatic heterocycles. The number of aromatic amines is 1. The standard InChI is InChI=1S/C46H57FN10O4/c1-28-22-53(24-30-12-18-55(19-13-30)40-21-37(48-27-49-40)43-34-20-32(61-46(3)14-15-46)4-6-36(34)51-52-43)23-29(2)56(28)25-31-10-16-54(17-11-31)38-7-5-33-35(42(38)47)26-57(45(33)60)39-8-9-41(58)50-44(39)59/h4-7,20-21,27-31,39H,8-19,22-26H2,1-3H3,(H,51,52)(H,50,58,59)/t28-,29+,39?. The van der Waals surface area contributed by atoms with Crippen molar-refractivity contribution in [3.8, 4) is 17.1 Å². The lowest BCUT2D eigenvalue weighted by atomic mass is 9.92. The third kappa shape index (κ3) is 7.95. The van der Waals surface area contributed by atoms with Crippen LogP contribution in [0.25, 0.3) is 22.3 Å². The highest BCUT2D eigenvalue weighted by molar-refractivity contribution is 6.05. The molecule has 1 aliphatic carbocycles. The molecule has 6 aliphatic rings. The van der Waals surface area contributed by atoms with E-state index in [0.717, 1.165) is 125 Å². The molecule has 5 fully saturated rings. The number of anilines is 2. The number of nitrogens with one attached hydrogen (secondary N) is 2. The van der Waals surface area contributed by atoms with Gasteiger partial charge in [-0.15, -0.1) is 0 Å². The number of hydrogen-bond acceptors (Lipinski definition) is 11. The van der Waals surface area contributed by atoms with Gasteiger partial charge in [0.25, 0.3) is 5.91 Å². The van der Waals surface area contributed by atoms with Crippen LogP contribution >= 0.6 is 0 Å². The molecule has 0 spiro atoms. The summed E-state index contributed by atoms with van der Waals surface area (Å²) in [5.41, 5.74) is 3.74. The molecule has 14 nitrogen and oxygen atoms in total. The van der Waals surface area contributed by atoms with Gasteiger partial charge >= 0.3 is 0 Å². The number of piperazine rings is 1. The number of fused-ring (bicyclic) bond motifs is 2. The van der Waals surface area contributed by atoms with Crippen LogP contribution in [0.1, 0.15) is 88.1 Å². The second-order valence-corrected chi connectivity index (χ2v) is 18.9. The molecule has 3 atom stereocenters. The van der Waals surface area contributed by atoms with E-state index in [-0.39, 0.29) is 42.6 Å². The van der Waals surface area contributed by atoms with Gasteiger partial charge in [-0.25, -0.2) is 14.4 Å². The molecule has 1 unspecified atom stereocenters. The highest BCUT2D eigenvalue weighted by Gasteiger charge is 2.42. The fourth-order valence-electron chi connectivity index (χ4n) is 10.6. The summed E-state index contributed by atoms with van der Waals surface area (Å²) in [6.07, 6.45) is 8.49. The van der Waals surface area contributed by atoms with Crippen molar-refractivity contribution in [3.63, 3.8) is 0 Å². The first-order valence-electron chi connectivity index (χ1n) is 22.4. The number of piperidine rings is 3. The summed E-state index contributed by atoms with van der Waals surface area (Å²) in [6.45, 7) is 14.7. The molecule has 3 amide bonds. The summed E-state index contributed by atoms with van der Waals surface area (Å²) < 4.78 is 22.3. The minimum absolute atomic E-state index is 0.0455. The van der Waals surface area contributed by atoms with E-state index in [1.807, 2.05) is 12.1 Å². The van der Waals surface area contributed by atoms with E-state index in [9.17, 15) is 14.4 Å². The number of carbonyl (C=O) groups excluding carboxylic acids is 3. The van der Waals surface area contributed by atoms with Crippen molar-refractivity contribution in [2.24, 2.45) is 11.8 Å². The Labute approximate surface area is 356 Å². The largest absolute Gasteiger partial charge is 0.488 e. The van der Waals surface area contributed by atoms with Crippen LogP contribution in [-0.2, 0) is 16.1 Å². The molecule has 7 heterocycles. The zero-order valence-electron chi connectivity index (χ0n) is 35.5. The first-order chi connectivity index (χ1) is 29.5. The quantitative estimate of drug-likeness (QED) is 0.199. The first-order valence-corrected chi connectivity index (χ1v) is 22.4. The zero-order valence-corrected chi connectivity index (χ0v) is 35.5. The smallest absolute Gasteiger partial charge is 0.255 e. The molecule has 0 radical (unpaired) electrons. The summed E-state index contributed by atoms with van der Waals surface area (Å²) >= 11 is 0. The number of H-pyrrole nitrogens is 1. The van der Waals surface area contributed by atoms with E-state index in [4.69, 9.17) is 4.74 Å². The van der Waals surface area contributed by atoms with Crippen LogP contribution in [0.15, 0.2) is 42.7 Å². The van der Waals surface area contributed by atoms with E-state index >= 15 is 4.39 Å². The number of amides is 3. The number of ether oxygens (including phenoxy) is 1. The summed E-state index contributed by atoms with van der Waals surface area (Å²) in [4.78, 5) is 58.0. The summed E-state index contributed by atoms with van der Waals surface area (Å²) in [5, 5.41) is 11.1. The average Bonchev–Trinajstić information content (AvgIpc) is 3.66. The van der Waals surface area contributed by atoms with Gasteiger partial charge in [0.05, 0.1) is 23.4 Å². The van der Waals surface area contributed by atoms with Gasteiger partial charge in [-0.1, -0.05) is 0 Å². The molecule has 4 aromatic rings. The van der Waals surface area contributed by atoms with Crippen molar-refractivity contribution in [3.05, 3.63) is 59.7 Å². The fourth-order valence-corrected chi connectivity index (χ4v) is 10.6. The normalized spacial score (nSPS) is 25.3. The predicted octanol–water partition coefficient (Wildman–Crippen LogP) is 5.38. The zero-order chi connectivity index (χ0) is 42.0. The Kier molecular flexibility index (Phi) is 10.4. The highest BCUT2D eigenvalue weighted by atomic mass is 19.1. The van der Waals surface area contributed by atoms with E-state index in [1.165, 1.54) is 4.90 Å². The molecule has 0 bridgehead atoms. The monoisotopic (exact) mass is 832 g/mol. The Bertz CT molecular complexity index is 2320. The number of nitrogens with zero attached hydrogens (tertiary/aromatic N) is 8. The molecule has 10 rings (SSSR count). The summed E-state index contributed by atoms with van der Waals surface area (Å²) in [7, 11) is 0. The first kappa shape index (κ1) is 40.0. The number of carbonyl (C=O) groups is 3. The second kappa shape index (κ2) is 16.0. The number of benzene rings is 2. The summed E-state index contributed by atoms with van der Waals surface area (Å²) in [6, 6.07) is 11.8. The van der Waals surface area contributed by atoms with E-state index in [0.29, 0.717) is 40.7 Å². The highest BCUT2D eigenvalue weighted by Crippen LogP contribution is 2.41. The molecule has 15 heteroatoms. The van der Waals surface area contributed by atoms with E-state index in [1.54, 1.807) is 18.5 Å². The molecule has 1 saturated carbocycles. The number of aromatic nitrogens is 4. The number of hydrogen-bond donors (Lipinski definition) is 2. The topological polar surface area (TPSA) is 143 Å². The van der Waals surface area contributed by atoms with Crippen LogP contribution in [0.4, 0.5) is 15.9 Å². The second-order valence-electron chi connectivity index (χ2n) is 18.9. The van der Waals surface area contributed by atoms with Gasteiger partial charge in [-0.3, -0.25) is 34.6 Å². The van der Waals surface area contributed by atoms with Crippen LogP contribution in [0, 0.1) is 17.7 Å². The molecule has 2 aromatic heterocycles. The Morgan fingerprint density at radius 3 is 2.31 bits per heavy atom. The van der Waals surface area contributed by atoms with Crippen molar-refractivity contribution in [2.75, 3.05) is 62.2 Å². The Hall–Kier alpha value is -5.15. The average molecular weight is 833 g/mol. The van der Waals surface area contributed by atoms with Gasteiger partial charge in [-0.2, -0.15) is 5.10 Å². The van der Waals surface area contributed by atoms with Gasteiger partial charge in [0, 0.05) is 93.4 Å². The molecule has 2 aromatic carbocycles. The molecule has 322 valence electrons. The lowest BCUT2D eigenvalue weighted by Gasteiger charge is -2.48. The molecular formula is C46H57FN10O4. The fraction of sp³-hybridized carbons (Fsp3) is 0.565. The van der Waals surface area contributed by atoms with Gasteiger partial charge in [0.1, 0.15) is 35.2 Å². The van der Waals surface area contributed by atoms with E-state index < -0.39 is 11.9 Å². The van der Waals surface area contributed by atoms with Crippen molar-refractivity contribution in [2.45, 2.75) is 102 Å². The predicted molar refractivity (Wildman–Crippen MR) is 230 cm³/mol. The van der Waals surface area contributed by atoms with Crippen molar-refractivity contribution in [1.29, 1.82) is 0 Å². The van der Waals surface area contributed by atoms with Gasteiger partial charge in [0.2, 0.25) is 11.8 Å². The maximum Gasteiger partial charge on any atom is 0.255 e. The van der Waals surface area contributed by atoms with Crippen LogP contribution in [0.5, 0.6) is 5.75 Å². The maximum atomic E-state index is 16.1. The minimum atomic E-state index is -0.756. The third-order valence-corrected chi connectivity index (χ3v) is 14.4. The number of imide groups is 1. The van der Waals surface area contributed by atoms with Gasteiger partial charge in [-0.05, 0) is 108 Å².